The van der Waals surface area contributed by atoms with Gasteiger partial charge in [-0.25, -0.2) is 4.98 Å². The smallest absolute Gasteiger partial charge is 0.308 e. The summed E-state index contributed by atoms with van der Waals surface area (Å²) >= 11 is 3.34. The van der Waals surface area contributed by atoms with Gasteiger partial charge in [0.1, 0.15) is 0 Å². The molecule has 0 bridgehead atoms. The van der Waals surface area contributed by atoms with Crippen LogP contribution in [0.15, 0.2) is 58.1 Å². The third kappa shape index (κ3) is 4.43. The monoisotopic (exact) mass is 469 g/mol. The molecule has 154 valence electrons. The Morgan fingerprint density at radius 2 is 1.93 bits per heavy atom. The van der Waals surface area contributed by atoms with E-state index in [4.69, 9.17) is 4.74 Å². The summed E-state index contributed by atoms with van der Waals surface area (Å²) < 4.78 is 7.30. The molecule has 0 aliphatic carbocycles. The van der Waals surface area contributed by atoms with Gasteiger partial charge in [0.2, 0.25) is 0 Å². The summed E-state index contributed by atoms with van der Waals surface area (Å²) in [6, 6.07) is 13.3. The first-order valence-electron chi connectivity index (χ1n) is 9.66. The predicted molar refractivity (Wildman–Crippen MR) is 115 cm³/mol. The lowest BCUT2D eigenvalue weighted by atomic mass is 10.00. The van der Waals surface area contributed by atoms with Crippen molar-refractivity contribution in [1.82, 2.24) is 14.5 Å². The summed E-state index contributed by atoms with van der Waals surface area (Å²) in [5.41, 5.74) is 2.74. The van der Waals surface area contributed by atoms with Gasteiger partial charge in [-0.2, -0.15) is 0 Å². The van der Waals surface area contributed by atoms with E-state index in [1.54, 1.807) is 17.0 Å². The Bertz CT molecular complexity index is 1170. The number of aryl methyl sites for hydroxylation is 1. The van der Waals surface area contributed by atoms with Gasteiger partial charge in [0, 0.05) is 24.1 Å². The van der Waals surface area contributed by atoms with E-state index in [0.717, 1.165) is 16.5 Å². The number of hydrogen-bond donors (Lipinski definition) is 0. The van der Waals surface area contributed by atoms with Crippen molar-refractivity contribution in [2.75, 3.05) is 13.2 Å². The molecule has 1 amide bonds. The van der Waals surface area contributed by atoms with E-state index in [2.05, 4.69) is 27.0 Å². The molecule has 1 aromatic heterocycles. The first-order chi connectivity index (χ1) is 14.5. The third-order valence-corrected chi connectivity index (χ3v) is 5.68. The zero-order valence-corrected chi connectivity index (χ0v) is 17.8. The molecule has 0 spiro atoms. The molecule has 2 aromatic carbocycles. The molecule has 1 aliphatic heterocycles. The van der Waals surface area contributed by atoms with Crippen LogP contribution in [0.5, 0.6) is 0 Å². The number of carbonyl (C=O) groups excluding carboxylic acids is 2. The zero-order valence-electron chi connectivity index (χ0n) is 16.2. The quantitative estimate of drug-likeness (QED) is 0.536. The van der Waals surface area contributed by atoms with Crippen LogP contribution in [0.3, 0.4) is 0 Å². The summed E-state index contributed by atoms with van der Waals surface area (Å²) in [5, 5.41) is 0.473. The van der Waals surface area contributed by atoms with Crippen molar-refractivity contribution >= 4 is 38.7 Å². The molecule has 0 saturated carbocycles. The maximum Gasteiger partial charge on any atom is 0.308 e. The average Bonchev–Trinajstić information content (AvgIpc) is 2.77. The molecule has 4 rings (SSSR count). The van der Waals surface area contributed by atoms with Crippen LogP contribution >= 0.6 is 15.9 Å². The number of aromatic nitrogens is 2. The molecule has 0 saturated heterocycles. The van der Waals surface area contributed by atoms with Crippen molar-refractivity contribution in [3.8, 4) is 0 Å². The van der Waals surface area contributed by atoms with Gasteiger partial charge in [0.15, 0.2) is 6.61 Å². The van der Waals surface area contributed by atoms with Crippen LogP contribution in [0.4, 0.5) is 0 Å². The molecule has 2 heterocycles. The second kappa shape index (κ2) is 8.79. The molecule has 1 aliphatic rings. The van der Waals surface area contributed by atoms with E-state index in [-0.39, 0.29) is 31.0 Å². The van der Waals surface area contributed by atoms with Crippen molar-refractivity contribution in [2.24, 2.45) is 0 Å². The normalized spacial score (nSPS) is 13.2. The van der Waals surface area contributed by atoms with Crippen molar-refractivity contribution in [3.05, 3.63) is 74.7 Å². The van der Waals surface area contributed by atoms with Gasteiger partial charge < -0.3 is 9.64 Å². The van der Waals surface area contributed by atoms with Gasteiger partial charge in [-0.3, -0.25) is 19.0 Å². The zero-order chi connectivity index (χ0) is 21.1. The highest BCUT2D eigenvalue weighted by Gasteiger charge is 2.21. The Hall–Kier alpha value is -3.00. The number of nitrogens with zero attached hydrogens (tertiary/aromatic N) is 3. The minimum Gasteiger partial charge on any atom is -0.456 e. The summed E-state index contributed by atoms with van der Waals surface area (Å²) in [6.07, 6.45) is 2.20. The molecule has 3 aromatic rings. The number of rotatable bonds is 5. The number of benzene rings is 2. The molecular formula is C22H20BrN3O4. The Labute approximate surface area is 181 Å². The average molecular weight is 470 g/mol. The number of carbonyl (C=O) groups is 2. The van der Waals surface area contributed by atoms with Crippen LogP contribution in [0, 0.1) is 0 Å². The van der Waals surface area contributed by atoms with Crippen molar-refractivity contribution in [2.45, 2.75) is 25.9 Å². The van der Waals surface area contributed by atoms with Crippen molar-refractivity contribution in [3.63, 3.8) is 0 Å². The summed E-state index contributed by atoms with van der Waals surface area (Å²) in [5.74, 6) is -0.741. The Morgan fingerprint density at radius 1 is 1.13 bits per heavy atom. The summed E-state index contributed by atoms with van der Waals surface area (Å²) in [6.45, 7) is 0.985. The molecule has 0 radical (unpaired) electrons. The third-order valence-electron chi connectivity index (χ3n) is 5.18. The van der Waals surface area contributed by atoms with E-state index in [1.165, 1.54) is 16.5 Å². The van der Waals surface area contributed by atoms with Gasteiger partial charge in [-0.15, -0.1) is 0 Å². The first-order valence-corrected chi connectivity index (χ1v) is 10.5. The second-order valence-corrected chi connectivity index (χ2v) is 8.06. The van der Waals surface area contributed by atoms with Crippen LogP contribution in [0.2, 0.25) is 0 Å². The van der Waals surface area contributed by atoms with Crippen LogP contribution in [0.1, 0.15) is 17.5 Å². The highest BCUT2D eigenvalue weighted by Crippen LogP contribution is 2.18. The molecule has 8 heteroatoms. The molecule has 7 nitrogen and oxygen atoms in total. The summed E-state index contributed by atoms with van der Waals surface area (Å²) in [7, 11) is 0. The van der Waals surface area contributed by atoms with E-state index in [9.17, 15) is 14.4 Å². The van der Waals surface area contributed by atoms with Crippen molar-refractivity contribution in [1.29, 1.82) is 0 Å². The topological polar surface area (TPSA) is 81.5 Å². The van der Waals surface area contributed by atoms with Crippen LogP contribution in [-0.2, 0) is 33.8 Å². The minimum absolute atomic E-state index is 0.0167. The van der Waals surface area contributed by atoms with Crippen molar-refractivity contribution < 1.29 is 14.3 Å². The van der Waals surface area contributed by atoms with Crippen LogP contribution in [0.25, 0.3) is 10.9 Å². The largest absolute Gasteiger partial charge is 0.456 e. The SMILES string of the molecule is O=C(CCn1cnc2ccc(Br)cc2c1=O)OCC(=O)N1CCc2ccccc2C1. The van der Waals surface area contributed by atoms with Crippen LogP contribution < -0.4 is 5.56 Å². The molecule has 0 atom stereocenters. The predicted octanol–water partition coefficient (Wildman–Crippen LogP) is 2.68. The molecule has 0 fully saturated rings. The van der Waals surface area contributed by atoms with E-state index >= 15 is 0 Å². The lowest BCUT2D eigenvalue weighted by molar-refractivity contribution is -0.152. The number of amides is 1. The first kappa shape index (κ1) is 20.3. The Morgan fingerprint density at radius 3 is 2.77 bits per heavy atom. The van der Waals surface area contributed by atoms with Gasteiger partial charge in [0.05, 0.1) is 23.7 Å². The van der Waals surface area contributed by atoms with Gasteiger partial charge in [-0.05, 0) is 35.7 Å². The van der Waals surface area contributed by atoms with E-state index in [0.29, 0.717) is 24.0 Å². The van der Waals surface area contributed by atoms with Gasteiger partial charge in [-0.1, -0.05) is 40.2 Å². The Kier molecular flexibility index (Phi) is 5.94. The highest BCUT2D eigenvalue weighted by molar-refractivity contribution is 9.10. The molecule has 30 heavy (non-hydrogen) atoms. The van der Waals surface area contributed by atoms with Crippen LogP contribution in [-0.4, -0.2) is 39.5 Å². The number of fused-ring (bicyclic) bond motifs is 2. The molecular weight excluding hydrogens is 450 g/mol. The highest BCUT2D eigenvalue weighted by atomic mass is 79.9. The number of ether oxygens (including phenoxy) is 1. The van der Waals surface area contributed by atoms with E-state index in [1.807, 2.05) is 24.3 Å². The lowest BCUT2D eigenvalue weighted by Crippen LogP contribution is -2.38. The van der Waals surface area contributed by atoms with Gasteiger partial charge in [0.25, 0.3) is 11.5 Å². The minimum atomic E-state index is -0.526. The molecule has 0 N–H and O–H groups in total. The fraction of sp³-hybridized carbons (Fsp3) is 0.273. The Balaban J connectivity index is 1.30. The number of halogens is 1. The number of esters is 1. The number of hydrogen-bond acceptors (Lipinski definition) is 5. The van der Waals surface area contributed by atoms with E-state index < -0.39 is 5.97 Å². The van der Waals surface area contributed by atoms with Gasteiger partial charge >= 0.3 is 5.97 Å². The summed E-state index contributed by atoms with van der Waals surface area (Å²) in [4.78, 5) is 43.0. The lowest BCUT2D eigenvalue weighted by Gasteiger charge is -2.28. The fourth-order valence-corrected chi connectivity index (χ4v) is 3.88. The maximum atomic E-state index is 12.6. The standard InChI is InChI=1S/C22H20BrN3O4/c23-17-5-6-19-18(11-17)22(29)26(14-24-19)10-8-21(28)30-13-20(27)25-9-7-15-3-1-2-4-16(15)12-25/h1-6,11,14H,7-10,12-13H2. The molecule has 0 unspecified atom stereocenters. The second-order valence-electron chi connectivity index (χ2n) is 7.15. The fourth-order valence-electron chi connectivity index (χ4n) is 3.52. The maximum absolute atomic E-state index is 12.6.